The van der Waals surface area contributed by atoms with Crippen LogP contribution < -0.4 is 5.32 Å². The van der Waals surface area contributed by atoms with E-state index in [9.17, 15) is 4.79 Å². The number of carbonyl (C=O) groups excluding carboxylic acids is 3. The molecular weight excluding hydrogens is 418 g/mol. The van der Waals surface area contributed by atoms with Crippen LogP contribution in [0.4, 0.5) is 5.69 Å². The normalized spacial score (nSPS) is 17.4. The van der Waals surface area contributed by atoms with E-state index in [1.807, 2.05) is 81.3 Å². The molecule has 1 saturated heterocycles. The minimum atomic E-state index is -0.0521. The van der Waals surface area contributed by atoms with Crippen LogP contribution in [0.1, 0.15) is 58.7 Å². The van der Waals surface area contributed by atoms with Gasteiger partial charge in [0.1, 0.15) is 13.6 Å². The molecule has 0 bridgehead atoms. The summed E-state index contributed by atoms with van der Waals surface area (Å²) in [6.07, 6.45) is 4.11. The lowest BCUT2D eigenvalue weighted by atomic mass is 9.88. The van der Waals surface area contributed by atoms with Gasteiger partial charge in [0.05, 0.1) is 17.3 Å². The molecule has 176 valence electrons. The SMILES string of the molecule is C=O.C=O.CNc1ccc(C)cc1C(=O)N1CCC[C@@H](C)[C@H]1c1cc2nc(C)c(C)cn2n1. The molecule has 1 amide bonds. The van der Waals surface area contributed by atoms with Crippen LogP contribution in [0.2, 0.25) is 0 Å². The van der Waals surface area contributed by atoms with Gasteiger partial charge in [0, 0.05) is 37.2 Å². The van der Waals surface area contributed by atoms with Crippen molar-refractivity contribution in [3.63, 3.8) is 0 Å². The number of likely N-dealkylation sites (tertiary alicyclic amines) is 1. The highest BCUT2D eigenvalue weighted by molar-refractivity contribution is 6.00. The first-order valence-corrected chi connectivity index (χ1v) is 10.9. The molecule has 0 unspecified atom stereocenters. The van der Waals surface area contributed by atoms with Crippen molar-refractivity contribution in [2.24, 2.45) is 5.92 Å². The number of nitrogens with zero attached hydrogens (tertiary/aromatic N) is 4. The molecule has 1 aromatic carbocycles. The second-order valence-corrected chi connectivity index (χ2v) is 8.24. The summed E-state index contributed by atoms with van der Waals surface area (Å²) in [5.41, 5.74) is 6.53. The highest BCUT2D eigenvalue weighted by atomic mass is 16.2. The van der Waals surface area contributed by atoms with Gasteiger partial charge in [0.2, 0.25) is 0 Å². The molecule has 1 aliphatic heterocycles. The molecule has 0 radical (unpaired) electrons. The van der Waals surface area contributed by atoms with Crippen molar-refractivity contribution in [3.05, 3.63) is 58.5 Å². The minimum absolute atomic E-state index is 0.0521. The van der Waals surface area contributed by atoms with E-state index in [4.69, 9.17) is 14.7 Å². The topological polar surface area (TPSA) is 96.7 Å². The summed E-state index contributed by atoms with van der Waals surface area (Å²) >= 11 is 0. The summed E-state index contributed by atoms with van der Waals surface area (Å²) in [7, 11) is 1.86. The molecule has 1 N–H and O–H groups in total. The minimum Gasteiger partial charge on any atom is -0.387 e. The number of aromatic nitrogens is 3. The molecule has 33 heavy (non-hydrogen) atoms. The van der Waals surface area contributed by atoms with Gasteiger partial charge in [-0.2, -0.15) is 5.10 Å². The van der Waals surface area contributed by atoms with Crippen LogP contribution in [0.15, 0.2) is 30.5 Å². The van der Waals surface area contributed by atoms with Gasteiger partial charge >= 0.3 is 0 Å². The molecule has 0 saturated carbocycles. The van der Waals surface area contributed by atoms with Gasteiger partial charge in [-0.15, -0.1) is 0 Å². The molecule has 2 atom stereocenters. The Hall–Kier alpha value is -3.55. The van der Waals surface area contributed by atoms with E-state index < -0.39 is 0 Å². The fourth-order valence-corrected chi connectivity index (χ4v) is 4.34. The molecule has 8 heteroatoms. The summed E-state index contributed by atoms with van der Waals surface area (Å²) in [5.74, 6) is 0.398. The highest BCUT2D eigenvalue weighted by Crippen LogP contribution is 2.37. The van der Waals surface area contributed by atoms with Gasteiger partial charge in [-0.05, 0) is 57.2 Å². The first kappa shape index (κ1) is 25.7. The van der Waals surface area contributed by atoms with Crippen molar-refractivity contribution in [2.45, 2.75) is 46.6 Å². The number of piperidine rings is 1. The van der Waals surface area contributed by atoms with Crippen LogP contribution >= 0.6 is 0 Å². The maximum atomic E-state index is 13.6. The van der Waals surface area contributed by atoms with Crippen LogP contribution in [-0.2, 0) is 9.59 Å². The van der Waals surface area contributed by atoms with Gasteiger partial charge in [-0.1, -0.05) is 18.6 Å². The molecule has 0 aliphatic carbocycles. The Morgan fingerprint density at radius 2 is 1.82 bits per heavy atom. The van der Waals surface area contributed by atoms with E-state index in [1.54, 1.807) is 0 Å². The van der Waals surface area contributed by atoms with Crippen LogP contribution in [0.25, 0.3) is 5.65 Å². The van der Waals surface area contributed by atoms with Gasteiger partial charge < -0.3 is 19.8 Å². The van der Waals surface area contributed by atoms with E-state index >= 15 is 0 Å². The third-order valence-corrected chi connectivity index (χ3v) is 6.08. The van der Waals surface area contributed by atoms with Gasteiger partial charge in [-0.25, -0.2) is 9.50 Å². The summed E-state index contributed by atoms with van der Waals surface area (Å²) in [4.78, 5) is 36.3. The molecule has 1 fully saturated rings. The number of rotatable bonds is 3. The number of anilines is 1. The van der Waals surface area contributed by atoms with E-state index in [1.165, 1.54) is 0 Å². The lowest BCUT2D eigenvalue weighted by molar-refractivity contribution is -0.0987. The lowest BCUT2D eigenvalue weighted by Crippen LogP contribution is -2.42. The molecule has 4 rings (SSSR count). The largest absolute Gasteiger partial charge is 0.387 e. The zero-order chi connectivity index (χ0) is 24.7. The van der Waals surface area contributed by atoms with Crippen LogP contribution in [-0.4, -0.2) is 52.6 Å². The van der Waals surface area contributed by atoms with Crippen molar-refractivity contribution >= 4 is 30.8 Å². The van der Waals surface area contributed by atoms with Gasteiger partial charge in [-0.3, -0.25) is 4.79 Å². The Morgan fingerprint density at radius 1 is 1.12 bits per heavy atom. The molecule has 3 aromatic rings. The molecule has 2 aromatic heterocycles. The molecule has 0 spiro atoms. The fourth-order valence-electron chi connectivity index (χ4n) is 4.34. The zero-order valence-electron chi connectivity index (χ0n) is 20.1. The van der Waals surface area contributed by atoms with Gasteiger partial charge in [0.15, 0.2) is 5.65 Å². The summed E-state index contributed by atoms with van der Waals surface area (Å²) in [5, 5.41) is 7.99. The average Bonchev–Trinajstić information content (AvgIpc) is 3.23. The Labute approximate surface area is 195 Å². The van der Waals surface area contributed by atoms with Crippen molar-refractivity contribution in [3.8, 4) is 0 Å². The van der Waals surface area contributed by atoms with E-state index in [0.29, 0.717) is 5.92 Å². The Morgan fingerprint density at radius 3 is 2.48 bits per heavy atom. The number of hydrogen-bond donors (Lipinski definition) is 1. The first-order chi connectivity index (χ1) is 15.9. The van der Waals surface area contributed by atoms with Crippen molar-refractivity contribution in [2.75, 3.05) is 18.9 Å². The smallest absolute Gasteiger partial charge is 0.256 e. The van der Waals surface area contributed by atoms with Crippen LogP contribution in [0, 0.1) is 26.7 Å². The number of amides is 1. The third-order valence-electron chi connectivity index (χ3n) is 6.08. The fraction of sp³-hybridized carbons (Fsp3) is 0.400. The van der Waals surface area contributed by atoms with Crippen molar-refractivity contribution in [1.82, 2.24) is 19.5 Å². The number of benzene rings is 1. The number of nitrogens with one attached hydrogen (secondary N) is 1. The maximum Gasteiger partial charge on any atom is 0.256 e. The lowest BCUT2D eigenvalue weighted by Gasteiger charge is -2.39. The van der Waals surface area contributed by atoms with E-state index in [0.717, 1.165) is 58.8 Å². The van der Waals surface area contributed by atoms with Crippen LogP contribution in [0.3, 0.4) is 0 Å². The van der Waals surface area contributed by atoms with Crippen LogP contribution in [0.5, 0.6) is 0 Å². The molecular formula is C25H33N5O3. The average molecular weight is 452 g/mol. The Balaban J connectivity index is 0.000000914. The van der Waals surface area contributed by atoms with E-state index in [2.05, 4.69) is 17.2 Å². The quantitative estimate of drug-likeness (QED) is 0.648. The predicted molar refractivity (Wildman–Crippen MR) is 130 cm³/mol. The van der Waals surface area contributed by atoms with Crippen molar-refractivity contribution in [1.29, 1.82) is 0 Å². The highest BCUT2D eigenvalue weighted by Gasteiger charge is 2.36. The first-order valence-electron chi connectivity index (χ1n) is 10.9. The molecule has 3 heterocycles. The monoisotopic (exact) mass is 451 g/mol. The predicted octanol–water partition coefficient (Wildman–Crippen LogP) is 3.94. The second kappa shape index (κ2) is 11.4. The number of fused-ring (bicyclic) bond motifs is 1. The third kappa shape index (κ3) is 5.27. The zero-order valence-corrected chi connectivity index (χ0v) is 20.1. The Kier molecular flexibility index (Phi) is 8.85. The number of carbonyl (C=O) groups is 3. The Bertz CT molecular complexity index is 1070. The summed E-state index contributed by atoms with van der Waals surface area (Å²) in [6.45, 7) is 13.0. The number of hydrogen-bond acceptors (Lipinski definition) is 6. The maximum absolute atomic E-state index is 13.6. The van der Waals surface area contributed by atoms with E-state index in [-0.39, 0.29) is 11.9 Å². The second-order valence-electron chi connectivity index (χ2n) is 8.24. The van der Waals surface area contributed by atoms with Gasteiger partial charge in [0.25, 0.3) is 5.91 Å². The summed E-state index contributed by atoms with van der Waals surface area (Å²) < 4.78 is 1.84. The number of aryl methyl sites for hydroxylation is 3. The summed E-state index contributed by atoms with van der Waals surface area (Å²) in [6, 6.07) is 7.96. The standard InChI is InChI=1S/C23H29N5O.2CH2O/c1-14-8-9-19(24-5)18(11-14)23(29)27-10-6-7-15(2)22(27)20-12-21-25-17(4)16(3)13-28(21)26-20;2*1-2/h8-9,11-13,15,22,24H,6-7,10H2,1-5H3;2*1H2/t15-,22+;;/m1../s1. The molecule has 8 nitrogen and oxygen atoms in total. The van der Waals surface area contributed by atoms with Crippen molar-refractivity contribution < 1.29 is 14.4 Å². The molecule has 1 aliphatic rings.